The molecular formula is C22H26N2O5S. The summed E-state index contributed by atoms with van der Waals surface area (Å²) >= 11 is 1.23. The Kier molecular flexibility index (Phi) is 9.73. The van der Waals surface area contributed by atoms with E-state index in [0.29, 0.717) is 10.4 Å². The molecule has 2 aromatic rings. The van der Waals surface area contributed by atoms with Crippen LogP contribution in [0.5, 0.6) is 0 Å². The quantitative estimate of drug-likeness (QED) is 0.246. The average Bonchev–Trinajstić information content (AvgIpc) is 3.30. The lowest BCUT2D eigenvalue weighted by atomic mass is 10.0. The highest BCUT2D eigenvalue weighted by Crippen LogP contribution is 2.11. The summed E-state index contributed by atoms with van der Waals surface area (Å²) in [4.78, 5) is 47.8. The van der Waals surface area contributed by atoms with Gasteiger partial charge in [0.25, 0.3) is 11.8 Å². The van der Waals surface area contributed by atoms with Gasteiger partial charge in [-0.15, -0.1) is 11.3 Å². The number of aryl methyl sites for hydroxylation is 1. The molecule has 2 rings (SSSR count). The molecule has 0 aliphatic rings. The number of rotatable bonds is 11. The number of amides is 2. The van der Waals surface area contributed by atoms with E-state index in [1.54, 1.807) is 29.6 Å². The first-order valence-corrected chi connectivity index (χ1v) is 10.8. The number of ketones is 1. The summed E-state index contributed by atoms with van der Waals surface area (Å²) in [6, 6.07) is 10.8. The van der Waals surface area contributed by atoms with Crippen molar-refractivity contribution in [2.24, 2.45) is 0 Å². The number of esters is 1. The second-order valence-electron chi connectivity index (χ2n) is 6.72. The van der Waals surface area contributed by atoms with Gasteiger partial charge >= 0.3 is 5.97 Å². The van der Waals surface area contributed by atoms with Crippen molar-refractivity contribution in [2.75, 3.05) is 6.61 Å². The number of unbranched alkanes of at least 4 members (excludes halogenated alkanes) is 2. The molecule has 0 unspecified atom stereocenters. The molecule has 0 saturated heterocycles. The third-order valence-corrected chi connectivity index (χ3v) is 5.19. The lowest BCUT2D eigenvalue weighted by molar-refractivity contribution is -0.148. The molecule has 2 N–H and O–H groups in total. The highest BCUT2D eigenvalue weighted by Gasteiger charge is 2.13. The molecule has 0 fully saturated rings. The van der Waals surface area contributed by atoms with Crippen LogP contribution in [0.1, 0.15) is 64.6 Å². The lowest BCUT2D eigenvalue weighted by Crippen LogP contribution is -2.43. The van der Waals surface area contributed by atoms with E-state index in [0.717, 1.165) is 19.3 Å². The zero-order valence-corrected chi connectivity index (χ0v) is 17.8. The number of hydrazine groups is 1. The van der Waals surface area contributed by atoms with Crippen molar-refractivity contribution in [3.05, 3.63) is 57.8 Å². The molecule has 1 aromatic carbocycles. The first-order valence-electron chi connectivity index (χ1n) is 9.90. The van der Waals surface area contributed by atoms with E-state index in [-0.39, 0.29) is 18.6 Å². The Hall–Kier alpha value is -3.00. The van der Waals surface area contributed by atoms with Gasteiger partial charge in [-0.3, -0.25) is 30.0 Å². The molecule has 0 atom stereocenters. The summed E-state index contributed by atoms with van der Waals surface area (Å²) in [5, 5.41) is 1.74. The molecule has 2 amide bonds. The molecule has 0 radical (unpaired) electrons. The minimum Gasteiger partial charge on any atom is -0.455 e. The maximum atomic E-state index is 12.2. The van der Waals surface area contributed by atoms with E-state index in [1.165, 1.54) is 23.3 Å². The van der Waals surface area contributed by atoms with Gasteiger partial charge in [-0.1, -0.05) is 50.1 Å². The fraction of sp³-hybridized carbons (Fsp3) is 0.364. The number of Topliss-reactive ketones (excluding diaryl/α,β-unsaturated/α-hetero) is 1. The largest absolute Gasteiger partial charge is 0.455 e. The molecule has 0 bridgehead atoms. The van der Waals surface area contributed by atoms with Crippen LogP contribution in [0.15, 0.2) is 41.8 Å². The van der Waals surface area contributed by atoms with E-state index in [1.807, 2.05) is 12.1 Å². The summed E-state index contributed by atoms with van der Waals surface area (Å²) in [6.45, 7) is 1.62. The van der Waals surface area contributed by atoms with Gasteiger partial charge in [0.05, 0.1) is 11.3 Å². The van der Waals surface area contributed by atoms with Gasteiger partial charge in [0.2, 0.25) is 0 Å². The van der Waals surface area contributed by atoms with Crippen molar-refractivity contribution in [3.63, 3.8) is 0 Å². The highest BCUT2D eigenvalue weighted by molar-refractivity contribution is 7.12. The summed E-state index contributed by atoms with van der Waals surface area (Å²) in [5.74, 6) is -1.93. The van der Waals surface area contributed by atoms with Crippen molar-refractivity contribution in [1.29, 1.82) is 0 Å². The van der Waals surface area contributed by atoms with Crippen LogP contribution >= 0.6 is 11.3 Å². The van der Waals surface area contributed by atoms with Gasteiger partial charge in [-0.25, -0.2) is 0 Å². The van der Waals surface area contributed by atoms with Crippen molar-refractivity contribution < 1.29 is 23.9 Å². The first kappa shape index (κ1) is 23.3. The Morgan fingerprint density at radius 2 is 1.73 bits per heavy atom. The number of ether oxygens (including phenoxy) is 1. The molecule has 30 heavy (non-hydrogen) atoms. The van der Waals surface area contributed by atoms with Crippen LogP contribution in [0.4, 0.5) is 0 Å². The van der Waals surface area contributed by atoms with Gasteiger partial charge < -0.3 is 4.74 Å². The van der Waals surface area contributed by atoms with Crippen LogP contribution in [0, 0.1) is 0 Å². The van der Waals surface area contributed by atoms with E-state index in [2.05, 4.69) is 17.8 Å². The Labute approximate surface area is 179 Å². The van der Waals surface area contributed by atoms with Crippen LogP contribution in [-0.4, -0.2) is 30.2 Å². The Morgan fingerprint density at radius 1 is 0.967 bits per heavy atom. The molecule has 160 valence electrons. The van der Waals surface area contributed by atoms with E-state index in [4.69, 9.17) is 4.74 Å². The highest BCUT2D eigenvalue weighted by atomic mass is 32.1. The van der Waals surface area contributed by atoms with Crippen molar-refractivity contribution in [2.45, 2.75) is 45.4 Å². The van der Waals surface area contributed by atoms with Crippen LogP contribution in [0.2, 0.25) is 0 Å². The molecule has 1 heterocycles. The fourth-order valence-electron chi connectivity index (χ4n) is 2.65. The van der Waals surface area contributed by atoms with Crippen LogP contribution in [-0.2, 0) is 20.7 Å². The number of hydrogen-bond acceptors (Lipinski definition) is 6. The van der Waals surface area contributed by atoms with Crippen LogP contribution in [0.3, 0.4) is 0 Å². The minimum atomic E-state index is -0.668. The van der Waals surface area contributed by atoms with Crippen molar-refractivity contribution in [1.82, 2.24) is 10.9 Å². The summed E-state index contributed by atoms with van der Waals surface area (Å²) in [6.07, 6.45) is 4.35. The molecule has 7 nitrogen and oxygen atoms in total. The van der Waals surface area contributed by atoms with Gasteiger partial charge in [0.1, 0.15) is 0 Å². The van der Waals surface area contributed by atoms with Gasteiger partial charge in [-0.2, -0.15) is 0 Å². The Bertz CT molecular complexity index is 847. The van der Waals surface area contributed by atoms with Crippen LogP contribution in [0.25, 0.3) is 0 Å². The second-order valence-corrected chi connectivity index (χ2v) is 7.67. The summed E-state index contributed by atoms with van der Waals surface area (Å²) < 4.78 is 4.84. The monoisotopic (exact) mass is 430 g/mol. The Morgan fingerprint density at radius 3 is 2.40 bits per heavy atom. The van der Waals surface area contributed by atoms with Crippen LogP contribution < -0.4 is 10.9 Å². The van der Waals surface area contributed by atoms with E-state index < -0.39 is 24.4 Å². The molecule has 1 aromatic heterocycles. The third-order valence-electron chi connectivity index (χ3n) is 4.33. The lowest BCUT2D eigenvalue weighted by Gasteiger charge is -2.07. The maximum absolute atomic E-state index is 12.2. The zero-order chi connectivity index (χ0) is 21.8. The molecule has 0 aliphatic heterocycles. The van der Waals surface area contributed by atoms with Crippen molar-refractivity contribution in [3.8, 4) is 0 Å². The first-order chi connectivity index (χ1) is 14.5. The minimum absolute atomic E-state index is 0.00471. The number of nitrogens with one attached hydrogen (secondary N) is 2. The Balaban J connectivity index is 1.64. The molecule has 8 heteroatoms. The number of hydrogen-bond donors (Lipinski definition) is 2. The van der Waals surface area contributed by atoms with Crippen molar-refractivity contribution >= 4 is 34.9 Å². The average molecular weight is 431 g/mol. The predicted molar refractivity (Wildman–Crippen MR) is 114 cm³/mol. The molecule has 0 spiro atoms. The molecule has 0 saturated carbocycles. The summed E-state index contributed by atoms with van der Waals surface area (Å²) in [7, 11) is 0. The normalized spacial score (nSPS) is 10.3. The number of thiophene rings is 1. The molecular weight excluding hydrogens is 404 g/mol. The fourth-order valence-corrected chi connectivity index (χ4v) is 3.27. The number of carbonyl (C=O) groups is 4. The predicted octanol–water partition coefficient (Wildman–Crippen LogP) is 3.45. The SMILES string of the molecule is CCCCCc1ccc(C(=O)CCC(=O)OCC(=O)NNC(=O)c2cccs2)cc1. The zero-order valence-electron chi connectivity index (χ0n) is 16.9. The smallest absolute Gasteiger partial charge is 0.306 e. The van der Waals surface area contributed by atoms with E-state index in [9.17, 15) is 19.2 Å². The summed E-state index contributed by atoms with van der Waals surface area (Å²) in [5.41, 5.74) is 6.13. The maximum Gasteiger partial charge on any atom is 0.306 e. The van der Waals surface area contributed by atoms with Gasteiger partial charge in [0, 0.05) is 12.0 Å². The van der Waals surface area contributed by atoms with Gasteiger partial charge in [0.15, 0.2) is 12.4 Å². The van der Waals surface area contributed by atoms with E-state index >= 15 is 0 Å². The van der Waals surface area contributed by atoms with Gasteiger partial charge in [-0.05, 0) is 29.9 Å². The standard InChI is InChI=1S/C22H26N2O5S/c1-2-3-4-6-16-8-10-17(11-9-16)18(25)12-13-21(27)29-15-20(26)23-24-22(28)19-7-5-14-30-19/h5,7-11,14H,2-4,6,12-13,15H2,1H3,(H,23,26)(H,24,28). The molecule has 0 aliphatic carbocycles. The third kappa shape index (κ3) is 8.16. The number of benzene rings is 1. The number of carbonyl (C=O) groups excluding carboxylic acids is 4. The second kappa shape index (κ2) is 12.5. The topological polar surface area (TPSA) is 102 Å².